The standard InChI is InChI=1S/C17H18ClNO6S/c1-24-12-25-17-9-4-13(11-16(17)19(20)21)3-2-10-26(22,23)15-7-5-14(18)6-8-15/h4-9,11H,2-3,10,12H2,1H3. The lowest BCUT2D eigenvalue weighted by molar-refractivity contribution is -0.386. The van der Waals surface area contributed by atoms with Gasteiger partial charge in [0.05, 0.1) is 15.6 Å². The molecule has 2 rings (SSSR count). The second-order valence-corrected chi connectivity index (χ2v) is 8.03. The molecule has 0 saturated carbocycles. The number of benzene rings is 2. The summed E-state index contributed by atoms with van der Waals surface area (Å²) in [6, 6.07) is 10.5. The number of sulfone groups is 1. The number of hydrogen-bond acceptors (Lipinski definition) is 6. The Kier molecular flexibility index (Phi) is 6.96. The summed E-state index contributed by atoms with van der Waals surface area (Å²) in [5.74, 6) is 0.0408. The highest BCUT2D eigenvalue weighted by molar-refractivity contribution is 7.91. The summed E-state index contributed by atoms with van der Waals surface area (Å²) in [6.07, 6.45) is 0.721. The Hall–Kier alpha value is -2.16. The summed E-state index contributed by atoms with van der Waals surface area (Å²) < 4.78 is 34.5. The van der Waals surface area contributed by atoms with Crippen LogP contribution in [0.15, 0.2) is 47.4 Å². The highest BCUT2D eigenvalue weighted by Crippen LogP contribution is 2.28. The van der Waals surface area contributed by atoms with Crippen LogP contribution >= 0.6 is 11.6 Å². The van der Waals surface area contributed by atoms with Crippen molar-refractivity contribution in [1.82, 2.24) is 0 Å². The lowest BCUT2D eigenvalue weighted by atomic mass is 10.1. The average molecular weight is 400 g/mol. The van der Waals surface area contributed by atoms with Crippen molar-refractivity contribution in [2.45, 2.75) is 17.7 Å². The molecule has 0 bridgehead atoms. The zero-order valence-corrected chi connectivity index (χ0v) is 15.6. The quantitative estimate of drug-likeness (QED) is 0.363. The molecule has 0 spiro atoms. The highest BCUT2D eigenvalue weighted by Gasteiger charge is 2.17. The number of nitro benzene ring substituents is 1. The maximum atomic E-state index is 12.3. The predicted molar refractivity (Wildman–Crippen MR) is 97.4 cm³/mol. The minimum atomic E-state index is -3.43. The van der Waals surface area contributed by atoms with Crippen LogP contribution in [-0.2, 0) is 21.0 Å². The van der Waals surface area contributed by atoms with E-state index in [0.29, 0.717) is 23.4 Å². The number of rotatable bonds is 9. The van der Waals surface area contributed by atoms with Crippen molar-refractivity contribution in [2.75, 3.05) is 19.7 Å². The molecule has 0 radical (unpaired) electrons. The van der Waals surface area contributed by atoms with Crippen molar-refractivity contribution in [2.24, 2.45) is 0 Å². The van der Waals surface area contributed by atoms with Crippen molar-refractivity contribution in [3.05, 3.63) is 63.2 Å². The highest BCUT2D eigenvalue weighted by atomic mass is 35.5. The first kappa shape index (κ1) is 20.2. The van der Waals surface area contributed by atoms with Gasteiger partial charge < -0.3 is 9.47 Å². The number of ether oxygens (including phenoxy) is 2. The van der Waals surface area contributed by atoms with Gasteiger partial charge in [0.15, 0.2) is 22.4 Å². The molecule has 2 aromatic rings. The Balaban J connectivity index is 2.03. The third kappa shape index (κ3) is 5.42. The molecule has 0 unspecified atom stereocenters. The van der Waals surface area contributed by atoms with Crippen LogP contribution in [0.3, 0.4) is 0 Å². The van der Waals surface area contributed by atoms with Crippen LogP contribution in [-0.4, -0.2) is 33.0 Å². The van der Waals surface area contributed by atoms with Crippen molar-refractivity contribution < 1.29 is 22.8 Å². The first-order valence-corrected chi connectivity index (χ1v) is 9.74. The number of methoxy groups -OCH3 is 1. The van der Waals surface area contributed by atoms with E-state index in [1.807, 2.05) is 0 Å². The Labute approximate surface area is 156 Å². The largest absolute Gasteiger partial charge is 0.460 e. The molecule has 26 heavy (non-hydrogen) atoms. The summed E-state index contributed by atoms with van der Waals surface area (Å²) in [4.78, 5) is 10.8. The van der Waals surface area contributed by atoms with Gasteiger partial charge in [-0.25, -0.2) is 8.42 Å². The first-order valence-electron chi connectivity index (χ1n) is 7.71. The van der Waals surface area contributed by atoms with E-state index in [1.54, 1.807) is 6.07 Å². The molecule has 0 amide bonds. The van der Waals surface area contributed by atoms with E-state index in [9.17, 15) is 18.5 Å². The fourth-order valence-corrected chi connectivity index (χ4v) is 3.77. The molecule has 0 fully saturated rings. The summed E-state index contributed by atoms with van der Waals surface area (Å²) in [5, 5.41) is 11.6. The first-order chi connectivity index (χ1) is 12.3. The van der Waals surface area contributed by atoms with Crippen LogP contribution in [0.4, 0.5) is 5.69 Å². The zero-order chi connectivity index (χ0) is 19.2. The van der Waals surface area contributed by atoms with E-state index in [1.165, 1.54) is 43.5 Å². The van der Waals surface area contributed by atoms with E-state index >= 15 is 0 Å². The Morgan fingerprint density at radius 2 is 1.85 bits per heavy atom. The van der Waals surface area contributed by atoms with Crippen LogP contribution in [0, 0.1) is 10.1 Å². The molecule has 0 aliphatic carbocycles. The van der Waals surface area contributed by atoms with E-state index in [-0.39, 0.29) is 28.9 Å². The van der Waals surface area contributed by atoms with Crippen LogP contribution < -0.4 is 4.74 Å². The molecule has 140 valence electrons. The van der Waals surface area contributed by atoms with Crippen molar-refractivity contribution in [3.8, 4) is 5.75 Å². The van der Waals surface area contributed by atoms with Crippen molar-refractivity contribution in [3.63, 3.8) is 0 Å². The Morgan fingerprint density at radius 3 is 2.46 bits per heavy atom. The number of nitro groups is 1. The Morgan fingerprint density at radius 1 is 1.15 bits per heavy atom. The fourth-order valence-electron chi connectivity index (χ4n) is 2.33. The van der Waals surface area contributed by atoms with Gasteiger partial charge in [-0.2, -0.15) is 0 Å². The summed E-state index contributed by atoms with van der Waals surface area (Å²) in [5.41, 5.74) is 0.480. The van der Waals surface area contributed by atoms with E-state index in [4.69, 9.17) is 21.1 Å². The second kappa shape index (κ2) is 8.98. The molecule has 9 heteroatoms. The van der Waals surface area contributed by atoms with Crippen molar-refractivity contribution >= 4 is 27.1 Å². The van der Waals surface area contributed by atoms with Gasteiger partial charge in [-0.05, 0) is 48.7 Å². The van der Waals surface area contributed by atoms with Crippen molar-refractivity contribution in [1.29, 1.82) is 0 Å². The molecule has 0 heterocycles. The van der Waals surface area contributed by atoms with Gasteiger partial charge in [0, 0.05) is 18.2 Å². The predicted octanol–water partition coefficient (Wildman–Crippen LogP) is 3.64. The second-order valence-electron chi connectivity index (χ2n) is 5.49. The average Bonchev–Trinajstić information content (AvgIpc) is 2.60. The molecule has 0 aliphatic heterocycles. The SMILES string of the molecule is COCOc1ccc(CCCS(=O)(=O)c2ccc(Cl)cc2)cc1[N+](=O)[O-]. The van der Waals surface area contributed by atoms with Gasteiger partial charge in [-0.1, -0.05) is 17.7 Å². The number of hydrogen-bond donors (Lipinski definition) is 0. The van der Waals surface area contributed by atoms with Crippen LogP contribution in [0.5, 0.6) is 5.75 Å². The minimum absolute atomic E-state index is 0.0651. The number of nitrogens with zero attached hydrogens (tertiary/aromatic N) is 1. The fraction of sp³-hybridized carbons (Fsp3) is 0.294. The Bertz CT molecular complexity index is 867. The molecule has 2 aromatic carbocycles. The topological polar surface area (TPSA) is 95.7 Å². The van der Waals surface area contributed by atoms with Gasteiger partial charge in [0.25, 0.3) is 0 Å². The molecule has 0 aromatic heterocycles. The number of halogens is 1. The van der Waals surface area contributed by atoms with E-state index in [2.05, 4.69) is 0 Å². The van der Waals surface area contributed by atoms with E-state index in [0.717, 1.165) is 0 Å². The molecule has 0 atom stereocenters. The third-order valence-electron chi connectivity index (χ3n) is 3.60. The van der Waals surface area contributed by atoms with Crippen LogP contribution in [0.2, 0.25) is 5.02 Å². The molecular weight excluding hydrogens is 382 g/mol. The van der Waals surface area contributed by atoms with E-state index < -0.39 is 14.8 Å². The summed E-state index contributed by atoms with van der Waals surface area (Å²) in [7, 11) is -2.01. The summed E-state index contributed by atoms with van der Waals surface area (Å²) >= 11 is 5.76. The van der Waals surface area contributed by atoms with Gasteiger partial charge in [-0.3, -0.25) is 10.1 Å². The molecule has 0 N–H and O–H groups in total. The smallest absolute Gasteiger partial charge is 0.311 e. The molecule has 0 saturated heterocycles. The van der Waals surface area contributed by atoms with Gasteiger partial charge in [0.1, 0.15) is 0 Å². The monoisotopic (exact) mass is 399 g/mol. The zero-order valence-electron chi connectivity index (χ0n) is 14.1. The van der Waals surface area contributed by atoms with Crippen LogP contribution in [0.25, 0.3) is 0 Å². The lowest BCUT2D eigenvalue weighted by Gasteiger charge is -2.08. The molecule has 0 aliphatic rings. The molecule has 7 nitrogen and oxygen atoms in total. The van der Waals surface area contributed by atoms with Gasteiger partial charge in [-0.15, -0.1) is 0 Å². The molecular formula is C17H18ClNO6S. The minimum Gasteiger partial charge on any atom is -0.460 e. The lowest BCUT2D eigenvalue weighted by Crippen LogP contribution is -2.08. The third-order valence-corrected chi connectivity index (χ3v) is 5.67. The summed E-state index contributed by atoms with van der Waals surface area (Å²) in [6.45, 7) is -0.0977. The maximum absolute atomic E-state index is 12.3. The van der Waals surface area contributed by atoms with Crippen LogP contribution in [0.1, 0.15) is 12.0 Å². The van der Waals surface area contributed by atoms with Gasteiger partial charge in [0.2, 0.25) is 0 Å². The number of aryl methyl sites for hydroxylation is 1. The normalized spacial score (nSPS) is 11.3. The van der Waals surface area contributed by atoms with Gasteiger partial charge >= 0.3 is 5.69 Å². The maximum Gasteiger partial charge on any atom is 0.311 e.